The highest BCUT2D eigenvalue weighted by atomic mass is 32.1. The van der Waals surface area contributed by atoms with Crippen molar-refractivity contribution in [3.63, 3.8) is 0 Å². The highest BCUT2D eigenvalue weighted by Gasteiger charge is 2.16. The average Bonchev–Trinajstić information content (AvgIpc) is 3.06. The van der Waals surface area contributed by atoms with Crippen molar-refractivity contribution in [1.82, 2.24) is 15.5 Å². The van der Waals surface area contributed by atoms with Gasteiger partial charge >= 0.3 is 0 Å². The van der Waals surface area contributed by atoms with Crippen LogP contribution < -0.4 is 5.32 Å². The lowest BCUT2D eigenvalue weighted by Crippen LogP contribution is -2.28. The van der Waals surface area contributed by atoms with Gasteiger partial charge in [-0.05, 0) is 32.9 Å². The highest BCUT2D eigenvalue weighted by molar-refractivity contribution is 7.09. The van der Waals surface area contributed by atoms with Gasteiger partial charge in [0, 0.05) is 10.8 Å². The summed E-state index contributed by atoms with van der Waals surface area (Å²) >= 11 is 1.58. The molecule has 1 unspecified atom stereocenters. The van der Waals surface area contributed by atoms with Gasteiger partial charge in [-0.15, -0.1) is 11.3 Å². The molecule has 6 heteroatoms. The maximum Gasteiger partial charge on any atom is 0.226 e. The van der Waals surface area contributed by atoms with Crippen molar-refractivity contribution >= 4 is 28.2 Å². The van der Waals surface area contributed by atoms with Crippen LogP contribution in [0.1, 0.15) is 34.9 Å². The number of fused-ring (bicyclic) bond motifs is 1. The first-order chi connectivity index (χ1) is 10.5. The van der Waals surface area contributed by atoms with Gasteiger partial charge in [0.05, 0.1) is 23.2 Å². The molecule has 0 saturated carbocycles. The summed E-state index contributed by atoms with van der Waals surface area (Å²) in [7, 11) is 0. The molecule has 0 radical (unpaired) electrons. The first-order valence-corrected chi connectivity index (χ1v) is 7.97. The van der Waals surface area contributed by atoms with Crippen LogP contribution >= 0.6 is 11.3 Å². The molecular weight excluding hydrogens is 298 g/mol. The van der Waals surface area contributed by atoms with E-state index in [1.54, 1.807) is 11.3 Å². The van der Waals surface area contributed by atoms with Crippen LogP contribution in [0.25, 0.3) is 11.0 Å². The number of aryl methyl sites for hydroxylation is 2. The van der Waals surface area contributed by atoms with E-state index in [4.69, 9.17) is 4.52 Å². The largest absolute Gasteiger partial charge is 0.356 e. The first kappa shape index (κ1) is 14.7. The van der Waals surface area contributed by atoms with E-state index in [1.807, 2.05) is 44.4 Å². The summed E-state index contributed by atoms with van der Waals surface area (Å²) in [5, 5.41) is 10.8. The third kappa shape index (κ3) is 3.01. The fraction of sp³-hybridized carbons (Fsp3) is 0.312. The molecule has 5 nitrogen and oxygen atoms in total. The van der Waals surface area contributed by atoms with E-state index in [-0.39, 0.29) is 18.4 Å². The van der Waals surface area contributed by atoms with Gasteiger partial charge in [0.15, 0.2) is 5.58 Å². The number of hydrogen-bond acceptors (Lipinski definition) is 5. The lowest BCUT2D eigenvalue weighted by atomic mass is 10.1. The Balaban J connectivity index is 1.72. The number of amides is 1. The SMILES string of the molecule is Cc1ccc2onc(CC(=O)NC(C)c3csc(C)n3)c2c1. The predicted molar refractivity (Wildman–Crippen MR) is 85.9 cm³/mol. The predicted octanol–water partition coefficient (Wildman–Crippen LogP) is 3.32. The average molecular weight is 315 g/mol. The molecule has 2 aromatic heterocycles. The molecule has 1 N–H and O–H groups in total. The molecule has 1 aromatic carbocycles. The minimum atomic E-state index is -0.114. The van der Waals surface area contributed by atoms with Crippen LogP contribution in [-0.2, 0) is 11.2 Å². The van der Waals surface area contributed by atoms with Crippen molar-refractivity contribution in [2.75, 3.05) is 0 Å². The summed E-state index contributed by atoms with van der Waals surface area (Å²) in [6.45, 7) is 5.88. The third-order valence-corrected chi connectivity index (χ3v) is 4.28. The van der Waals surface area contributed by atoms with Crippen LogP contribution in [0, 0.1) is 13.8 Å². The number of rotatable bonds is 4. The van der Waals surface area contributed by atoms with Crippen molar-refractivity contribution in [2.45, 2.75) is 33.2 Å². The van der Waals surface area contributed by atoms with Gasteiger partial charge in [0.25, 0.3) is 0 Å². The monoisotopic (exact) mass is 315 g/mol. The second-order valence-corrected chi connectivity index (χ2v) is 6.45. The smallest absolute Gasteiger partial charge is 0.226 e. The molecule has 114 valence electrons. The van der Waals surface area contributed by atoms with E-state index < -0.39 is 0 Å². The molecule has 1 amide bonds. The second kappa shape index (κ2) is 5.88. The van der Waals surface area contributed by atoms with E-state index in [9.17, 15) is 4.79 Å². The summed E-state index contributed by atoms with van der Waals surface area (Å²) in [6, 6.07) is 5.71. The molecule has 1 atom stereocenters. The number of aromatic nitrogens is 2. The Labute approximate surface area is 132 Å². The molecule has 3 aromatic rings. The summed E-state index contributed by atoms with van der Waals surface area (Å²) in [4.78, 5) is 16.6. The molecule has 0 aliphatic rings. The Morgan fingerprint density at radius 2 is 2.23 bits per heavy atom. The molecule has 0 aliphatic heterocycles. The van der Waals surface area contributed by atoms with E-state index in [1.165, 1.54) is 0 Å². The van der Waals surface area contributed by atoms with Crippen LogP contribution in [0.5, 0.6) is 0 Å². The number of carbonyl (C=O) groups is 1. The number of carbonyl (C=O) groups excluding carboxylic acids is 1. The topological polar surface area (TPSA) is 68.0 Å². The lowest BCUT2D eigenvalue weighted by molar-refractivity contribution is -0.121. The van der Waals surface area contributed by atoms with Gasteiger partial charge in [0.1, 0.15) is 5.69 Å². The van der Waals surface area contributed by atoms with E-state index >= 15 is 0 Å². The molecular formula is C16H17N3O2S. The molecule has 22 heavy (non-hydrogen) atoms. The number of benzene rings is 1. The van der Waals surface area contributed by atoms with Gasteiger partial charge in [-0.25, -0.2) is 4.98 Å². The Morgan fingerprint density at radius 3 is 2.95 bits per heavy atom. The third-order valence-electron chi connectivity index (χ3n) is 3.49. The Kier molecular flexibility index (Phi) is 3.94. The Morgan fingerprint density at radius 1 is 1.41 bits per heavy atom. The molecule has 0 aliphatic carbocycles. The van der Waals surface area contributed by atoms with Crippen molar-refractivity contribution in [1.29, 1.82) is 0 Å². The molecule has 0 saturated heterocycles. The normalized spacial score (nSPS) is 12.5. The van der Waals surface area contributed by atoms with Crippen LogP contribution in [-0.4, -0.2) is 16.0 Å². The fourth-order valence-corrected chi connectivity index (χ4v) is 3.03. The number of nitrogens with one attached hydrogen (secondary N) is 1. The quantitative estimate of drug-likeness (QED) is 0.802. The van der Waals surface area contributed by atoms with Crippen LogP contribution in [0.15, 0.2) is 28.1 Å². The molecule has 2 heterocycles. The summed E-state index contributed by atoms with van der Waals surface area (Å²) in [5.41, 5.74) is 3.37. The van der Waals surface area contributed by atoms with E-state index in [0.29, 0.717) is 11.3 Å². The van der Waals surface area contributed by atoms with Crippen molar-refractivity contribution in [3.8, 4) is 0 Å². The number of nitrogens with zero attached hydrogens (tertiary/aromatic N) is 2. The first-order valence-electron chi connectivity index (χ1n) is 7.09. The van der Waals surface area contributed by atoms with Crippen LogP contribution in [0.2, 0.25) is 0 Å². The Bertz CT molecular complexity index is 822. The van der Waals surface area contributed by atoms with Crippen LogP contribution in [0.4, 0.5) is 0 Å². The van der Waals surface area contributed by atoms with Crippen LogP contribution in [0.3, 0.4) is 0 Å². The lowest BCUT2D eigenvalue weighted by Gasteiger charge is -2.10. The highest BCUT2D eigenvalue weighted by Crippen LogP contribution is 2.21. The minimum absolute atomic E-state index is 0.0881. The molecule has 0 fully saturated rings. The van der Waals surface area contributed by atoms with Gasteiger partial charge in [-0.2, -0.15) is 0 Å². The summed E-state index contributed by atoms with van der Waals surface area (Å²) < 4.78 is 5.26. The van der Waals surface area contributed by atoms with E-state index in [2.05, 4.69) is 15.5 Å². The fourth-order valence-electron chi connectivity index (χ4n) is 2.33. The Hall–Kier alpha value is -2.21. The number of hydrogen-bond donors (Lipinski definition) is 1. The van der Waals surface area contributed by atoms with Crippen molar-refractivity contribution < 1.29 is 9.32 Å². The van der Waals surface area contributed by atoms with Gasteiger partial charge in [0.2, 0.25) is 5.91 Å². The van der Waals surface area contributed by atoms with Gasteiger partial charge in [-0.3, -0.25) is 4.79 Å². The zero-order valence-electron chi connectivity index (χ0n) is 12.7. The standard InChI is InChI=1S/C16H17N3O2S/c1-9-4-5-15-12(6-9)13(19-21-15)7-16(20)17-10(2)14-8-22-11(3)18-14/h4-6,8,10H,7H2,1-3H3,(H,17,20). The molecule has 0 spiro atoms. The van der Waals surface area contributed by atoms with Crippen molar-refractivity contribution in [3.05, 3.63) is 45.5 Å². The second-order valence-electron chi connectivity index (χ2n) is 5.39. The van der Waals surface area contributed by atoms with E-state index in [0.717, 1.165) is 21.7 Å². The van der Waals surface area contributed by atoms with Gasteiger partial charge < -0.3 is 9.84 Å². The van der Waals surface area contributed by atoms with Crippen molar-refractivity contribution in [2.24, 2.45) is 0 Å². The summed E-state index contributed by atoms with van der Waals surface area (Å²) in [6.07, 6.45) is 0.198. The zero-order chi connectivity index (χ0) is 15.7. The zero-order valence-corrected chi connectivity index (χ0v) is 13.5. The summed E-state index contributed by atoms with van der Waals surface area (Å²) in [5.74, 6) is -0.0881. The number of thiazole rings is 1. The minimum Gasteiger partial charge on any atom is -0.356 e. The molecule has 3 rings (SSSR count). The molecule has 0 bridgehead atoms. The van der Waals surface area contributed by atoms with Gasteiger partial charge in [-0.1, -0.05) is 16.8 Å². The maximum absolute atomic E-state index is 12.2. The maximum atomic E-state index is 12.2.